The lowest BCUT2D eigenvalue weighted by atomic mass is 9.78. The average molecular weight is 371 g/mol. The molecule has 0 unspecified atom stereocenters. The van der Waals surface area contributed by atoms with E-state index in [0.717, 1.165) is 30.5 Å². The first-order chi connectivity index (χ1) is 13.0. The van der Waals surface area contributed by atoms with Gasteiger partial charge in [-0.05, 0) is 43.2 Å². The third-order valence-electron chi connectivity index (χ3n) is 6.13. The van der Waals surface area contributed by atoms with E-state index in [-0.39, 0.29) is 18.5 Å². The molecule has 3 atom stereocenters. The maximum atomic E-state index is 13.3. The van der Waals surface area contributed by atoms with E-state index < -0.39 is 17.6 Å². The third kappa shape index (κ3) is 2.24. The Morgan fingerprint density at radius 2 is 2.00 bits per heavy atom. The number of allylic oxidation sites excluding steroid dienone is 1. The molecule has 1 fully saturated rings. The van der Waals surface area contributed by atoms with Gasteiger partial charge in [-0.2, -0.15) is 0 Å². The summed E-state index contributed by atoms with van der Waals surface area (Å²) in [5, 5.41) is 0. The molecule has 4 aliphatic rings. The van der Waals surface area contributed by atoms with E-state index in [9.17, 15) is 9.59 Å². The number of esters is 1. The second kappa shape index (κ2) is 5.73. The van der Waals surface area contributed by atoms with Crippen molar-refractivity contribution in [1.82, 2.24) is 4.90 Å². The maximum Gasteiger partial charge on any atom is 0.303 e. The first-order valence-corrected chi connectivity index (χ1v) is 9.20. The minimum Gasteiger partial charge on any atom is -0.493 e. The summed E-state index contributed by atoms with van der Waals surface area (Å²) in [5.74, 6) is 0.862. The molecule has 7 heteroatoms. The van der Waals surface area contributed by atoms with Gasteiger partial charge < -0.3 is 18.9 Å². The number of ether oxygens (including phenoxy) is 4. The van der Waals surface area contributed by atoms with Crippen molar-refractivity contribution in [2.45, 2.75) is 37.3 Å². The summed E-state index contributed by atoms with van der Waals surface area (Å²) in [7, 11) is 1.53. The highest BCUT2D eigenvalue weighted by Crippen LogP contribution is 2.55. The van der Waals surface area contributed by atoms with Gasteiger partial charge in [0.1, 0.15) is 6.10 Å². The number of nitrogens with zero attached hydrogens (tertiary/aromatic N) is 1. The van der Waals surface area contributed by atoms with Crippen LogP contribution < -0.4 is 9.47 Å². The lowest BCUT2D eigenvalue weighted by molar-refractivity contribution is -0.148. The third-order valence-corrected chi connectivity index (χ3v) is 6.13. The Morgan fingerprint density at radius 3 is 2.70 bits per heavy atom. The number of ketones is 1. The zero-order valence-corrected chi connectivity index (χ0v) is 15.3. The summed E-state index contributed by atoms with van der Waals surface area (Å²) in [5.41, 5.74) is 1.20. The molecule has 0 bridgehead atoms. The van der Waals surface area contributed by atoms with Crippen molar-refractivity contribution >= 4 is 11.8 Å². The highest BCUT2D eigenvalue weighted by Gasteiger charge is 2.58. The first kappa shape index (κ1) is 16.6. The molecular formula is C20H21NO6. The Hall–Kier alpha value is -2.54. The molecule has 27 heavy (non-hydrogen) atoms. The van der Waals surface area contributed by atoms with Gasteiger partial charge in [0.15, 0.2) is 17.3 Å². The molecule has 5 rings (SSSR count). The van der Waals surface area contributed by atoms with Crippen molar-refractivity contribution in [3.05, 3.63) is 35.1 Å². The molecule has 3 heterocycles. The van der Waals surface area contributed by atoms with Crippen LogP contribution >= 0.6 is 0 Å². The molecule has 0 amide bonds. The van der Waals surface area contributed by atoms with E-state index >= 15 is 0 Å². The quantitative estimate of drug-likeness (QED) is 0.737. The first-order valence-electron chi connectivity index (χ1n) is 9.20. The van der Waals surface area contributed by atoms with Crippen LogP contribution in [0.1, 0.15) is 42.9 Å². The van der Waals surface area contributed by atoms with E-state index in [4.69, 9.17) is 18.9 Å². The van der Waals surface area contributed by atoms with E-state index in [1.54, 1.807) is 0 Å². The van der Waals surface area contributed by atoms with Crippen molar-refractivity contribution in [1.29, 1.82) is 0 Å². The number of hydrogen-bond acceptors (Lipinski definition) is 7. The fourth-order valence-electron chi connectivity index (χ4n) is 5.09. The van der Waals surface area contributed by atoms with E-state index in [2.05, 4.69) is 4.90 Å². The molecule has 1 aromatic carbocycles. The summed E-state index contributed by atoms with van der Waals surface area (Å²) in [6.07, 6.45) is 3.35. The van der Waals surface area contributed by atoms with E-state index in [1.165, 1.54) is 14.0 Å². The normalized spacial score (nSPS) is 30.9. The molecule has 1 aliphatic carbocycles. The van der Waals surface area contributed by atoms with Gasteiger partial charge in [-0.25, -0.2) is 0 Å². The van der Waals surface area contributed by atoms with Gasteiger partial charge >= 0.3 is 5.97 Å². The van der Waals surface area contributed by atoms with Crippen LogP contribution in [0.4, 0.5) is 0 Å². The number of benzene rings is 1. The highest BCUT2D eigenvalue weighted by atomic mass is 16.7. The largest absolute Gasteiger partial charge is 0.493 e. The number of rotatable bonds is 2. The highest BCUT2D eigenvalue weighted by molar-refractivity contribution is 6.04. The maximum absolute atomic E-state index is 13.3. The van der Waals surface area contributed by atoms with Crippen LogP contribution in [0, 0.1) is 0 Å². The van der Waals surface area contributed by atoms with Crippen molar-refractivity contribution in [3.63, 3.8) is 0 Å². The van der Waals surface area contributed by atoms with Crippen LogP contribution in [0.15, 0.2) is 24.0 Å². The number of methoxy groups -OCH3 is 1. The number of carbonyl (C=O) groups is 2. The molecular weight excluding hydrogens is 350 g/mol. The van der Waals surface area contributed by atoms with Gasteiger partial charge in [0.25, 0.3) is 0 Å². The van der Waals surface area contributed by atoms with Crippen LogP contribution in [0.25, 0.3) is 0 Å². The Balaban J connectivity index is 1.73. The van der Waals surface area contributed by atoms with E-state index in [0.29, 0.717) is 23.8 Å². The number of carbonyl (C=O) groups excluding carboxylic acids is 2. The van der Waals surface area contributed by atoms with Gasteiger partial charge in [-0.3, -0.25) is 14.5 Å². The lowest BCUT2D eigenvalue weighted by Gasteiger charge is -2.36. The van der Waals surface area contributed by atoms with Crippen LogP contribution in [0.5, 0.6) is 11.5 Å². The summed E-state index contributed by atoms with van der Waals surface area (Å²) in [6.45, 7) is 2.93. The second-order valence-electron chi connectivity index (χ2n) is 7.48. The van der Waals surface area contributed by atoms with Gasteiger partial charge in [0, 0.05) is 19.0 Å². The topological polar surface area (TPSA) is 74.3 Å². The Labute approximate surface area is 156 Å². The molecule has 0 aromatic heterocycles. The fraction of sp³-hybridized carbons (Fsp3) is 0.500. The predicted molar refractivity (Wildman–Crippen MR) is 93.5 cm³/mol. The van der Waals surface area contributed by atoms with E-state index in [1.807, 2.05) is 18.2 Å². The minimum absolute atomic E-state index is 0.0343. The number of Topliss-reactive ketones (excluding diaryl/α,β-unsaturated/α-hetero) is 1. The zero-order chi connectivity index (χ0) is 18.8. The molecule has 0 radical (unpaired) electrons. The smallest absolute Gasteiger partial charge is 0.303 e. The van der Waals surface area contributed by atoms with Gasteiger partial charge in [0.2, 0.25) is 12.6 Å². The minimum atomic E-state index is -0.459. The van der Waals surface area contributed by atoms with Crippen LogP contribution in [0.2, 0.25) is 0 Å². The Kier molecular flexibility index (Phi) is 3.53. The Morgan fingerprint density at radius 1 is 1.26 bits per heavy atom. The second-order valence-corrected chi connectivity index (χ2v) is 7.48. The molecule has 3 aliphatic heterocycles. The van der Waals surface area contributed by atoms with Crippen molar-refractivity contribution in [2.75, 3.05) is 27.0 Å². The molecule has 1 spiro atoms. The van der Waals surface area contributed by atoms with Crippen molar-refractivity contribution < 1.29 is 28.5 Å². The summed E-state index contributed by atoms with van der Waals surface area (Å²) in [4.78, 5) is 27.3. The van der Waals surface area contributed by atoms with Gasteiger partial charge in [-0.1, -0.05) is 0 Å². The van der Waals surface area contributed by atoms with Crippen LogP contribution in [0.3, 0.4) is 0 Å². The molecule has 1 aromatic rings. The number of fused-ring (bicyclic) bond motifs is 3. The van der Waals surface area contributed by atoms with Gasteiger partial charge in [0.05, 0.1) is 18.6 Å². The molecule has 7 nitrogen and oxygen atoms in total. The molecule has 0 N–H and O–H groups in total. The summed E-state index contributed by atoms with van der Waals surface area (Å²) >= 11 is 0. The number of hydrogen-bond donors (Lipinski definition) is 0. The molecule has 1 saturated heterocycles. The van der Waals surface area contributed by atoms with Crippen LogP contribution in [-0.2, 0) is 19.1 Å². The lowest BCUT2D eigenvalue weighted by Crippen LogP contribution is -2.46. The predicted octanol–water partition coefficient (Wildman–Crippen LogP) is 2.06. The molecule has 0 saturated carbocycles. The zero-order valence-electron chi connectivity index (χ0n) is 15.3. The van der Waals surface area contributed by atoms with Gasteiger partial charge in [-0.15, -0.1) is 0 Å². The SMILES string of the molecule is COC1=C[C@@]23CCCN2C[C@H](OC(C)=O)c2cc4c(cc2[C@H]3C1=O)OCO4. The fourth-order valence-corrected chi connectivity index (χ4v) is 5.09. The summed E-state index contributed by atoms with van der Waals surface area (Å²) in [6, 6.07) is 3.74. The summed E-state index contributed by atoms with van der Waals surface area (Å²) < 4.78 is 22.2. The Bertz CT molecular complexity index is 877. The standard InChI is InChI=1S/C20H21NO6/c1-11(22)27-17-9-21-5-3-4-20(21)8-16(24-2)19(23)18(20)13-7-15-14(6-12(13)17)25-10-26-15/h6-8,17-18H,3-5,9-10H2,1-2H3/t17-,18-,20+/m0/s1. The van der Waals surface area contributed by atoms with Crippen molar-refractivity contribution in [2.24, 2.45) is 0 Å². The van der Waals surface area contributed by atoms with Crippen LogP contribution in [-0.4, -0.2) is 49.2 Å². The van der Waals surface area contributed by atoms with Crippen molar-refractivity contribution in [3.8, 4) is 11.5 Å². The monoisotopic (exact) mass is 371 g/mol. The molecule has 142 valence electrons. The average Bonchev–Trinajstić information content (AvgIpc) is 3.30.